The van der Waals surface area contributed by atoms with Gasteiger partial charge in [0.15, 0.2) is 6.61 Å². The van der Waals surface area contributed by atoms with Gasteiger partial charge in [0, 0.05) is 12.1 Å². The standard InChI is InChI=1S/C14H21ClN2O2/c1-9(2)17-14(18)8-19-13-6-5-11(7-12(13)15)10(3)16-4/h5-7,9-10,16H,8H2,1-4H3,(H,17,18). The van der Waals surface area contributed by atoms with Crippen LogP contribution in [0.1, 0.15) is 32.4 Å². The highest BCUT2D eigenvalue weighted by Gasteiger charge is 2.09. The highest BCUT2D eigenvalue weighted by Crippen LogP contribution is 2.27. The van der Waals surface area contributed by atoms with Gasteiger partial charge in [-0.25, -0.2) is 0 Å². The van der Waals surface area contributed by atoms with E-state index in [4.69, 9.17) is 16.3 Å². The minimum atomic E-state index is -0.154. The SMILES string of the molecule is CNC(C)c1ccc(OCC(=O)NC(C)C)c(Cl)c1. The summed E-state index contributed by atoms with van der Waals surface area (Å²) in [5, 5.41) is 6.40. The molecule has 1 aromatic rings. The van der Waals surface area contributed by atoms with Crippen molar-refractivity contribution in [1.29, 1.82) is 0 Å². The van der Waals surface area contributed by atoms with Gasteiger partial charge in [0.1, 0.15) is 5.75 Å². The molecule has 2 N–H and O–H groups in total. The number of carbonyl (C=O) groups is 1. The van der Waals surface area contributed by atoms with Crippen LogP contribution in [0, 0.1) is 0 Å². The van der Waals surface area contributed by atoms with Gasteiger partial charge in [0.25, 0.3) is 5.91 Å². The fourth-order valence-corrected chi connectivity index (χ4v) is 1.82. The molecule has 0 radical (unpaired) electrons. The van der Waals surface area contributed by atoms with E-state index in [-0.39, 0.29) is 24.6 Å². The average Bonchev–Trinajstić information content (AvgIpc) is 2.35. The summed E-state index contributed by atoms with van der Waals surface area (Å²) in [5.74, 6) is 0.367. The Bertz CT molecular complexity index is 435. The molecule has 0 aliphatic heterocycles. The van der Waals surface area contributed by atoms with Gasteiger partial charge < -0.3 is 15.4 Å². The summed E-state index contributed by atoms with van der Waals surface area (Å²) < 4.78 is 5.40. The Balaban J connectivity index is 2.63. The molecule has 19 heavy (non-hydrogen) atoms. The smallest absolute Gasteiger partial charge is 0.258 e. The van der Waals surface area contributed by atoms with Gasteiger partial charge in [-0.05, 0) is 45.5 Å². The molecule has 0 fully saturated rings. The molecule has 1 unspecified atom stereocenters. The summed E-state index contributed by atoms with van der Waals surface area (Å²) in [4.78, 5) is 11.5. The fourth-order valence-electron chi connectivity index (χ4n) is 1.58. The summed E-state index contributed by atoms with van der Waals surface area (Å²) in [6.45, 7) is 5.82. The Morgan fingerprint density at radius 2 is 2.05 bits per heavy atom. The first-order valence-electron chi connectivity index (χ1n) is 6.33. The van der Waals surface area contributed by atoms with Crippen molar-refractivity contribution in [3.8, 4) is 5.75 Å². The molecular formula is C14H21ClN2O2. The van der Waals surface area contributed by atoms with Crippen molar-refractivity contribution in [2.75, 3.05) is 13.7 Å². The molecule has 5 heteroatoms. The zero-order valence-electron chi connectivity index (χ0n) is 11.8. The van der Waals surface area contributed by atoms with Crippen LogP contribution < -0.4 is 15.4 Å². The van der Waals surface area contributed by atoms with Crippen LogP contribution in [0.15, 0.2) is 18.2 Å². The summed E-state index contributed by atoms with van der Waals surface area (Å²) in [7, 11) is 1.89. The summed E-state index contributed by atoms with van der Waals surface area (Å²) >= 11 is 6.14. The predicted octanol–water partition coefficient (Wildman–Crippen LogP) is 2.52. The van der Waals surface area contributed by atoms with Gasteiger partial charge in [0.2, 0.25) is 0 Å². The largest absolute Gasteiger partial charge is 0.482 e. The minimum absolute atomic E-state index is 0.0289. The Morgan fingerprint density at radius 1 is 1.37 bits per heavy atom. The number of hydrogen-bond acceptors (Lipinski definition) is 3. The van der Waals surface area contributed by atoms with Gasteiger partial charge in [0.05, 0.1) is 5.02 Å². The van der Waals surface area contributed by atoms with Crippen LogP contribution >= 0.6 is 11.6 Å². The van der Waals surface area contributed by atoms with E-state index in [9.17, 15) is 4.79 Å². The lowest BCUT2D eigenvalue weighted by Crippen LogP contribution is -2.34. The van der Waals surface area contributed by atoms with Crippen LogP contribution in [-0.2, 0) is 4.79 Å². The second-order valence-electron chi connectivity index (χ2n) is 4.71. The van der Waals surface area contributed by atoms with Crippen LogP contribution in [0.25, 0.3) is 0 Å². The molecule has 0 aliphatic carbocycles. The first-order valence-corrected chi connectivity index (χ1v) is 6.70. The van der Waals surface area contributed by atoms with E-state index in [0.29, 0.717) is 10.8 Å². The number of benzene rings is 1. The van der Waals surface area contributed by atoms with Crippen molar-refractivity contribution >= 4 is 17.5 Å². The van der Waals surface area contributed by atoms with Crippen molar-refractivity contribution in [3.05, 3.63) is 28.8 Å². The Labute approximate surface area is 119 Å². The molecule has 0 heterocycles. The van der Waals surface area contributed by atoms with Gasteiger partial charge in [-0.1, -0.05) is 17.7 Å². The Morgan fingerprint density at radius 3 is 2.58 bits per heavy atom. The summed E-state index contributed by atoms with van der Waals surface area (Å²) in [5.41, 5.74) is 1.08. The predicted molar refractivity (Wildman–Crippen MR) is 77.7 cm³/mol. The van der Waals surface area contributed by atoms with E-state index >= 15 is 0 Å². The summed E-state index contributed by atoms with van der Waals surface area (Å²) in [6.07, 6.45) is 0. The van der Waals surface area contributed by atoms with Gasteiger partial charge in [-0.15, -0.1) is 0 Å². The highest BCUT2D eigenvalue weighted by atomic mass is 35.5. The molecule has 1 amide bonds. The van der Waals surface area contributed by atoms with Crippen LogP contribution in [0.5, 0.6) is 5.75 Å². The lowest BCUT2D eigenvalue weighted by atomic mass is 10.1. The Kier molecular flexibility index (Phi) is 6.12. The molecule has 1 atom stereocenters. The molecule has 0 aromatic heterocycles. The molecule has 0 aliphatic rings. The van der Waals surface area contributed by atoms with Crippen molar-refractivity contribution in [3.63, 3.8) is 0 Å². The lowest BCUT2D eigenvalue weighted by molar-refractivity contribution is -0.123. The van der Waals surface area contributed by atoms with Crippen LogP contribution in [0.4, 0.5) is 0 Å². The molecule has 0 bridgehead atoms. The third kappa shape index (κ3) is 5.09. The van der Waals surface area contributed by atoms with Crippen molar-refractivity contribution in [1.82, 2.24) is 10.6 Å². The van der Waals surface area contributed by atoms with E-state index in [1.54, 1.807) is 6.07 Å². The van der Waals surface area contributed by atoms with E-state index < -0.39 is 0 Å². The van der Waals surface area contributed by atoms with Gasteiger partial charge >= 0.3 is 0 Å². The third-order valence-corrected chi connectivity index (χ3v) is 2.99. The monoisotopic (exact) mass is 284 g/mol. The highest BCUT2D eigenvalue weighted by molar-refractivity contribution is 6.32. The second kappa shape index (κ2) is 7.36. The van der Waals surface area contributed by atoms with Gasteiger partial charge in [-0.2, -0.15) is 0 Å². The second-order valence-corrected chi connectivity index (χ2v) is 5.12. The first kappa shape index (κ1) is 15.8. The number of nitrogens with one attached hydrogen (secondary N) is 2. The van der Waals surface area contributed by atoms with E-state index in [0.717, 1.165) is 5.56 Å². The van der Waals surface area contributed by atoms with Crippen LogP contribution in [0.3, 0.4) is 0 Å². The fraction of sp³-hybridized carbons (Fsp3) is 0.500. The molecule has 4 nitrogen and oxygen atoms in total. The molecule has 1 rings (SSSR count). The van der Waals surface area contributed by atoms with Crippen molar-refractivity contribution in [2.45, 2.75) is 32.9 Å². The van der Waals surface area contributed by atoms with E-state index in [1.165, 1.54) is 0 Å². The van der Waals surface area contributed by atoms with Crippen LogP contribution in [-0.4, -0.2) is 25.6 Å². The maximum atomic E-state index is 11.5. The van der Waals surface area contributed by atoms with Gasteiger partial charge in [-0.3, -0.25) is 4.79 Å². The molecule has 106 valence electrons. The number of halogens is 1. The molecule has 0 saturated heterocycles. The normalized spacial score (nSPS) is 12.3. The zero-order valence-corrected chi connectivity index (χ0v) is 12.5. The third-order valence-electron chi connectivity index (χ3n) is 2.70. The number of hydrogen-bond donors (Lipinski definition) is 2. The molecule has 0 saturated carbocycles. The zero-order chi connectivity index (χ0) is 14.4. The maximum absolute atomic E-state index is 11.5. The number of carbonyl (C=O) groups excluding carboxylic acids is 1. The Hall–Kier alpha value is -1.26. The first-order chi connectivity index (χ1) is 8.93. The molecular weight excluding hydrogens is 264 g/mol. The number of rotatable bonds is 6. The minimum Gasteiger partial charge on any atom is -0.482 e. The molecule has 0 spiro atoms. The average molecular weight is 285 g/mol. The van der Waals surface area contributed by atoms with E-state index in [2.05, 4.69) is 10.6 Å². The maximum Gasteiger partial charge on any atom is 0.258 e. The number of ether oxygens (including phenoxy) is 1. The topological polar surface area (TPSA) is 50.4 Å². The van der Waals surface area contributed by atoms with E-state index in [1.807, 2.05) is 40.0 Å². The van der Waals surface area contributed by atoms with Crippen molar-refractivity contribution in [2.24, 2.45) is 0 Å². The van der Waals surface area contributed by atoms with Crippen molar-refractivity contribution < 1.29 is 9.53 Å². The quantitative estimate of drug-likeness (QED) is 0.844. The summed E-state index contributed by atoms with van der Waals surface area (Å²) in [6, 6.07) is 5.89. The van der Waals surface area contributed by atoms with Crippen LogP contribution in [0.2, 0.25) is 5.02 Å². The number of amides is 1. The lowest BCUT2D eigenvalue weighted by Gasteiger charge is -2.14. The molecule has 1 aromatic carbocycles.